The van der Waals surface area contributed by atoms with Gasteiger partial charge in [0.2, 0.25) is 0 Å². The molecule has 1 rings (SSSR count). The Balaban J connectivity index is 3.09. The maximum atomic E-state index is 13.0. The predicted octanol–water partition coefficient (Wildman–Crippen LogP) is 1.69. The summed E-state index contributed by atoms with van der Waals surface area (Å²) in [4.78, 5) is 0. The topological polar surface area (TPSA) is 21.3 Å². The summed E-state index contributed by atoms with van der Waals surface area (Å²) in [6.45, 7) is 0.278. The molecular formula is C9H11F2NO. The molecule has 0 aliphatic carbocycles. The number of benzene rings is 1. The first-order valence-corrected chi connectivity index (χ1v) is 3.85. The predicted molar refractivity (Wildman–Crippen MR) is 45.7 cm³/mol. The van der Waals surface area contributed by atoms with Crippen LogP contribution in [0.4, 0.5) is 8.78 Å². The molecule has 1 N–H and O–H groups in total. The first kappa shape index (κ1) is 9.92. The van der Waals surface area contributed by atoms with Gasteiger partial charge >= 0.3 is 0 Å². The van der Waals surface area contributed by atoms with Gasteiger partial charge in [-0.05, 0) is 13.1 Å². The van der Waals surface area contributed by atoms with E-state index in [-0.39, 0.29) is 12.1 Å². The smallest absolute Gasteiger partial charge is 0.163 e. The first-order chi connectivity index (χ1) is 6.19. The molecule has 0 atom stereocenters. The van der Waals surface area contributed by atoms with E-state index >= 15 is 0 Å². The number of methoxy groups -OCH3 is 1. The molecule has 0 aromatic heterocycles. The highest BCUT2D eigenvalue weighted by Gasteiger charge is 2.09. The molecule has 0 heterocycles. The molecule has 0 spiro atoms. The minimum atomic E-state index is -0.885. The van der Waals surface area contributed by atoms with E-state index in [0.29, 0.717) is 5.75 Å². The summed E-state index contributed by atoms with van der Waals surface area (Å²) in [6.07, 6.45) is 0. The lowest BCUT2D eigenvalue weighted by Gasteiger charge is -2.06. The maximum Gasteiger partial charge on any atom is 0.163 e. The molecule has 0 saturated carbocycles. The molecule has 0 saturated heterocycles. The van der Waals surface area contributed by atoms with Crippen LogP contribution in [-0.4, -0.2) is 14.2 Å². The van der Waals surface area contributed by atoms with Crippen molar-refractivity contribution >= 4 is 0 Å². The van der Waals surface area contributed by atoms with Gasteiger partial charge < -0.3 is 10.1 Å². The van der Waals surface area contributed by atoms with Crippen LogP contribution in [0.25, 0.3) is 0 Å². The zero-order valence-electron chi connectivity index (χ0n) is 7.53. The quantitative estimate of drug-likeness (QED) is 0.777. The molecule has 72 valence electrons. The molecule has 0 unspecified atom stereocenters. The second kappa shape index (κ2) is 4.18. The van der Waals surface area contributed by atoms with Crippen LogP contribution in [0, 0.1) is 11.6 Å². The van der Waals surface area contributed by atoms with Crippen molar-refractivity contribution < 1.29 is 13.5 Å². The number of hydrogen-bond acceptors (Lipinski definition) is 2. The van der Waals surface area contributed by atoms with Gasteiger partial charge in [0.15, 0.2) is 11.6 Å². The van der Waals surface area contributed by atoms with Crippen LogP contribution in [0.5, 0.6) is 5.75 Å². The second-order valence-electron chi connectivity index (χ2n) is 2.61. The van der Waals surface area contributed by atoms with E-state index in [0.717, 1.165) is 6.07 Å². The summed E-state index contributed by atoms with van der Waals surface area (Å²) in [5.74, 6) is -1.39. The molecule has 0 radical (unpaired) electrons. The van der Waals surface area contributed by atoms with E-state index in [4.69, 9.17) is 4.74 Å². The molecular weight excluding hydrogens is 176 g/mol. The van der Waals surface area contributed by atoms with Crippen LogP contribution in [-0.2, 0) is 6.54 Å². The van der Waals surface area contributed by atoms with Crippen molar-refractivity contribution in [2.45, 2.75) is 6.54 Å². The molecule has 0 amide bonds. The van der Waals surface area contributed by atoms with E-state index in [1.165, 1.54) is 13.2 Å². The summed E-state index contributed by atoms with van der Waals surface area (Å²) in [6, 6.07) is 2.49. The molecule has 0 aliphatic rings. The van der Waals surface area contributed by atoms with Crippen LogP contribution in [0.15, 0.2) is 12.1 Å². The number of nitrogens with one attached hydrogen (secondary N) is 1. The normalized spacial score (nSPS) is 10.2. The monoisotopic (exact) mass is 187 g/mol. The van der Waals surface area contributed by atoms with Gasteiger partial charge in [0.1, 0.15) is 5.75 Å². The largest absolute Gasteiger partial charge is 0.497 e. The molecule has 2 nitrogen and oxygen atoms in total. The van der Waals surface area contributed by atoms with Crippen molar-refractivity contribution in [2.75, 3.05) is 14.2 Å². The van der Waals surface area contributed by atoms with Crippen LogP contribution in [0.1, 0.15) is 5.56 Å². The molecule has 13 heavy (non-hydrogen) atoms. The standard InChI is InChI=1S/C9H11F2NO/c1-12-5-6-3-7(13-2)4-8(10)9(6)11/h3-4,12H,5H2,1-2H3. The Bertz CT molecular complexity index is 302. The highest BCUT2D eigenvalue weighted by atomic mass is 19.2. The molecule has 0 aliphatic heterocycles. The summed E-state index contributed by atoms with van der Waals surface area (Å²) in [5.41, 5.74) is 0.263. The summed E-state index contributed by atoms with van der Waals surface area (Å²) in [5, 5.41) is 2.74. The average Bonchev–Trinajstić information content (AvgIpc) is 2.13. The van der Waals surface area contributed by atoms with Crippen molar-refractivity contribution in [1.82, 2.24) is 5.32 Å². The van der Waals surface area contributed by atoms with E-state index < -0.39 is 11.6 Å². The van der Waals surface area contributed by atoms with E-state index in [9.17, 15) is 8.78 Å². The molecule has 0 bridgehead atoms. The Morgan fingerprint density at radius 3 is 2.62 bits per heavy atom. The number of hydrogen-bond donors (Lipinski definition) is 1. The van der Waals surface area contributed by atoms with E-state index in [1.54, 1.807) is 7.05 Å². The highest BCUT2D eigenvalue weighted by Crippen LogP contribution is 2.19. The van der Waals surface area contributed by atoms with Crippen LogP contribution in [0.3, 0.4) is 0 Å². The Hall–Kier alpha value is -1.16. The van der Waals surface area contributed by atoms with E-state index in [2.05, 4.69) is 5.32 Å². The fraction of sp³-hybridized carbons (Fsp3) is 0.333. The lowest BCUT2D eigenvalue weighted by molar-refractivity contribution is 0.404. The van der Waals surface area contributed by atoms with Gasteiger partial charge in [-0.15, -0.1) is 0 Å². The minimum Gasteiger partial charge on any atom is -0.497 e. The second-order valence-corrected chi connectivity index (χ2v) is 2.61. The van der Waals surface area contributed by atoms with Crippen molar-refractivity contribution in [2.24, 2.45) is 0 Å². The number of halogens is 2. The SMILES string of the molecule is CNCc1cc(OC)cc(F)c1F. The first-order valence-electron chi connectivity index (χ1n) is 3.85. The van der Waals surface area contributed by atoms with Gasteiger partial charge in [-0.2, -0.15) is 0 Å². The molecule has 0 fully saturated rings. The average molecular weight is 187 g/mol. The van der Waals surface area contributed by atoms with Gasteiger partial charge in [0, 0.05) is 18.2 Å². The molecule has 1 aromatic carbocycles. The Morgan fingerprint density at radius 2 is 2.08 bits per heavy atom. The van der Waals surface area contributed by atoms with Crippen molar-refractivity contribution in [3.8, 4) is 5.75 Å². The Labute approximate surface area is 75.5 Å². The summed E-state index contributed by atoms with van der Waals surface area (Å²) in [7, 11) is 3.08. The summed E-state index contributed by atoms with van der Waals surface area (Å²) >= 11 is 0. The minimum absolute atomic E-state index is 0.263. The zero-order valence-corrected chi connectivity index (χ0v) is 7.53. The fourth-order valence-corrected chi connectivity index (χ4v) is 1.06. The maximum absolute atomic E-state index is 13.0. The molecule has 1 aromatic rings. The number of rotatable bonds is 3. The highest BCUT2D eigenvalue weighted by molar-refractivity contribution is 5.30. The summed E-state index contributed by atoms with van der Waals surface area (Å²) < 4.78 is 30.7. The zero-order chi connectivity index (χ0) is 9.84. The van der Waals surface area contributed by atoms with Gasteiger partial charge in [-0.3, -0.25) is 0 Å². The van der Waals surface area contributed by atoms with Crippen LogP contribution in [0.2, 0.25) is 0 Å². The van der Waals surface area contributed by atoms with Crippen LogP contribution >= 0.6 is 0 Å². The van der Waals surface area contributed by atoms with Crippen molar-refractivity contribution in [3.05, 3.63) is 29.3 Å². The van der Waals surface area contributed by atoms with Gasteiger partial charge in [0.05, 0.1) is 7.11 Å². The third-order valence-electron chi connectivity index (χ3n) is 1.68. The van der Waals surface area contributed by atoms with Gasteiger partial charge in [-0.25, -0.2) is 8.78 Å². The Morgan fingerprint density at radius 1 is 1.38 bits per heavy atom. The third kappa shape index (κ3) is 2.15. The Kier molecular flexibility index (Phi) is 3.19. The van der Waals surface area contributed by atoms with Crippen molar-refractivity contribution in [1.29, 1.82) is 0 Å². The fourth-order valence-electron chi connectivity index (χ4n) is 1.06. The lowest BCUT2D eigenvalue weighted by atomic mass is 10.2. The number of ether oxygens (including phenoxy) is 1. The third-order valence-corrected chi connectivity index (χ3v) is 1.68. The van der Waals surface area contributed by atoms with E-state index in [1.807, 2.05) is 0 Å². The van der Waals surface area contributed by atoms with Gasteiger partial charge in [-0.1, -0.05) is 0 Å². The molecule has 4 heteroatoms. The lowest BCUT2D eigenvalue weighted by Crippen LogP contribution is -2.08. The van der Waals surface area contributed by atoms with Gasteiger partial charge in [0.25, 0.3) is 0 Å². The van der Waals surface area contributed by atoms with Crippen LogP contribution < -0.4 is 10.1 Å². The van der Waals surface area contributed by atoms with Crippen molar-refractivity contribution in [3.63, 3.8) is 0 Å².